The molecule has 0 aromatic carbocycles. The van der Waals surface area contributed by atoms with Crippen LogP contribution in [0, 0.1) is 5.41 Å². The SMILES string of the molecule is C=CCOCC(COCC=C)(COCC=C)COC(=O)/C=C\C(=O)O. The molecule has 0 heterocycles. The van der Waals surface area contributed by atoms with Crippen molar-refractivity contribution >= 4 is 11.9 Å². The Balaban J connectivity index is 4.98. The summed E-state index contributed by atoms with van der Waals surface area (Å²) in [6, 6.07) is 0. The predicted molar refractivity (Wildman–Crippen MR) is 93.2 cm³/mol. The molecular formula is C18H26O7. The molecule has 0 saturated carbocycles. The molecule has 1 N–H and O–H groups in total. The minimum Gasteiger partial charge on any atom is -0.478 e. The van der Waals surface area contributed by atoms with Crippen molar-refractivity contribution in [3.05, 3.63) is 50.1 Å². The molecule has 7 nitrogen and oxygen atoms in total. The van der Waals surface area contributed by atoms with E-state index in [1.54, 1.807) is 18.2 Å². The quantitative estimate of drug-likeness (QED) is 0.195. The van der Waals surface area contributed by atoms with Crippen LogP contribution in [0.3, 0.4) is 0 Å². The minimum atomic E-state index is -1.24. The number of carbonyl (C=O) groups excluding carboxylic acids is 1. The van der Waals surface area contributed by atoms with Crippen LogP contribution in [0.1, 0.15) is 0 Å². The first-order valence-electron chi connectivity index (χ1n) is 7.63. The molecule has 0 aliphatic heterocycles. The molecule has 0 aromatic heterocycles. The molecule has 0 aromatic rings. The second-order valence-corrected chi connectivity index (χ2v) is 5.19. The van der Waals surface area contributed by atoms with Gasteiger partial charge in [-0.05, 0) is 0 Å². The fourth-order valence-electron chi connectivity index (χ4n) is 1.74. The summed E-state index contributed by atoms with van der Waals surface area (Å²) in [5.41, 5.74) is -0.762. The first-order chi connectivity index (χ1) is 12.0. The van der Waals surface area contributed by atoms with Gasteiger partial charge in [0.25, 0.3) is 0 Å². The molecule has 0 spiro atoms. The molecule has 25 heavy (non-hydrogen) atoms. The Morgan fingerprint density at radius 3 is 1.60 bits per heavy atom. The third kappa shape index (κ3) is 11.9. The van der Waals surface area contributed by atoms with Crippen LogP contribution in [-0.4, -0.2) is 63.3 Å². The highest BCUT2D eigenvalue weighted by Gasteiger charge is 2.33. The van der Waals surface area contributed by atoms with Crippen molar-refractivity contribution in [3.8, 4) is 0 Å². The smallest absolute Gasteiger partial charge is 0.331 e. The van der Waals surface area contributed by atoms with Gasteiger partial charge in [0.05, 0.1) is 45.1 Å². The van der Waals surface area contributed by atoms with Gasteiger partial charge in [0.15, 0.2) is 0 Å². The fourth-order valence-corrected chi connectivity index (χ4v) is 1.74. The zero-order valence-electron chi connectivity index (χ0n) is 14.4. The van der Waals surface area contributed by atoms with Gasteiger partial charge in [-0.1, -0.05) is 18.2 Å². The highest BCUT2D eigenvalue weighted by Crippen LogP contribution is 2.21. The number of hydrogen-bond donors (Lipinski definition) is 1. The molecular weight excluding hydrogens is 328 g/mol. The van der Waals surface area contributed by atoms with Crippen molar-refractivity contribution in [2.45, 2.75) is 0 Å². The minimum absolute atomic E-state index is 0.0682. The molecule has 7 heteroatoms. The standard InChI is InChI=1S/C18H26O7/c1-4-9-22-12-18(13-23-10-5-2,14-24-11-6-3)15-25-17(21)8-7-16(19)20/h4-8H,1-3,9-15H2,(H,19,20)/b8-7-. The molecule has 0 bridgehead atoms. The zero-order valence-corrected chi connectivity index (χ0v) is 14.4. The van der Waals surface area contributed by atoms with Crippen molar-refractivity contribution in [1.29, 1.82) is 0 Å². The van der Waals surface area contributed by atoms with Gasteiger partial charge in [0, 0.05) is 12.2 Å². The van der Waals surface area contributed by atoms with Gasteiger partial charge in [0.1, 0.15) is 6.61 Å². The van der Waals surface area contributed by atoms with Crippen LogP contribution in [0.5, 0.6) is 0 Å². The van der Waals surface area contributed by atoms with Gasteiger partial charge in [-0.3, -0.25) is 0 Å². The Labute approximate surface area is 148 Å². The number of ether oxygens (including phenoxy) is 4. The fraction of sp³-hybridized carbons (Fsp3) is 0.444. The summed E-state index contributed by atoms with van der Waals surface area (Å²) in [6.07, 6.45) is 6.35. The molecule has 0 unspecified atom stereocenters. The van der Waals surface area contributed by atoms with Gasteiger partial charge in [0.2, 0.25) is 0 Å². The number of esters is 1. The van der Waals surface area contributed by atoms with E-state index in [1.165, 1.54) is 0 Å². The summed E-state index contributed by atoms with van der Waals surface area (Å²) in [5.74, 6) is -2.01. The maximum Gasteiger partial charge on any atom is 0.331 e. The predicted octanol–water partition coefficient (Wildman–Crippen LogP) is 1.76. The molecule has 0 radical (unpaired) electrons. The Kier molecular flexibility index (Phi) is 12.9. The van der Waals surface area contributed by atoms with Crippen molar-refractivity contribution in [1.82, 2.24) is 0 Å². The topological polar surface area (TPSA) is 91.3 Å². The second-order valence-electron chi connectivity index (χ2n) is 5.19. The molecule has 0 saturated heterocycles. The molecule has 140 valence electrons. The van der Waals surface area contributed by atoms with Crippen molar-refractivity contribution in [2.24, 2.45) is 5.41 Å². The van der Waals surface area contributed by atoms with E-state index in [2.05, 4.69) is 19.7 Å². The average Bonchev–Trinajstić information content (AvgIpc) is 2.58. The number of carboxylic acids is 1. The summed E-state index contributed by atoms with van der Waals surface area (Å²) < 4.78 is 21.7. The Hall–Kier alpha value is -2.22. The van der Waals surface area contributed by atoms with Crippen LogP contribution in [0.2, 0.25) is 0 Å². The molecule has 0 atom stereocenters. The van der Waals surface area contributed by atoms with E-state index in [1.807, 2.05) is 0 Å². The van der Waals surface area contributed by atoms with E-state index in [4.69, 9.17) is 24.1 Å². The lowest BCUT2D eigenvalue weighted by Gasteiger charge is -2.32. The van der Waals surface area contributed by atoms with Crippen LogP contribution in [0.15, 0.2) is 50.1 Å². The number of hydrogen-bond acceptors (Lipinski definition) is 6. The molecule has 0 rings (SSSR count). The van der Waals surface area contributed by atoms with E-state index in [0.29, 0.717) is 25.9 Å². The number of carbonyl (C=O) groups is 2. The van der Waals surface area contributed by atoms with Crippen molar-refractivity contribution in [3.63, 3.8) is 0 Å². The van der Waals surface area contributed by atoms with Gasteiger partial charge in [-0.15, -0.1) is 19.7 Å². The summed E-state index contributed by atoms with van der Waals surface area (Å²) in [7, 11) is 0. The van der Waals surface area contributed by atoms with Gasteiger partial charge in [-0.2, -0.15) is 0 Å². The van der Waals surface area contributed by atoms with Crippen LogP contribution in [0.4, 0.5) is 0 Å². The average molecular weight is 354 g/mol. The highest BCUT2D eigenvalue weighted by molar-refractivity contribution is 5.90. The maximum absolute atomic E-state index is 11.6. The Bertz CT molecular complexity index is 432. The van der Waals surface area contributed by atoms with Crippen molar-refractivity contribution in [2.75, 3.05) is 46.2 Å². The third-order valence-corrected chi connectivity index (χ3v) is 2.81. The van der Waals surface area contributed by atoms with Gasteiger partial charge < -0.3 is 24.1 Å². The third-order valence-electron chi connectivity index (χ3n) is 2.81. The lowest BCUT2D eigenvalue weighted by atomic mass is 9.92. The second kappa shape index (κ2) is 14.2. The van der Waals surface area contributed by atoms with Crippen molar-refractivity contribution < 1.29 is 33.6 Å². The summed E-state index contributed by atoms with van der Waals surface area (Å²) >= 11 is 0. The van der Waals surface area contributed by atoms with Crippen LogP contribution < -0.4 is 0 Å². The van der Waals surface area contributed by atoms with Crippen LogP contribution in [-0.2, 0) is 28.5 Å². The number of carboxylic acid groups (broad SMARTS) is 1. The van der Waals surface area contributed by atoms with E-state index in [0.717, 1.165) is 6.08 Å². The Morgan fingerprint density at radius 2 is 1.24 bits per heavy atom. The van der Waals surface area contributed by atoms with E-state index in [-0.39, 0.29) is 26.4 Å². The summed E-state index contributed by atoms with van der Waals surface area (Å²) in [6.45, 7) is 12.2. The zero-order chi connectivity index (χ0) is 19.0. The number of aliphatic carboxylic acids is 1. The summed E-state index contributed by atoms with van der Waals surface area (Å²) in [4.78, 5) is 22.1. The molecule has 0 fully saturated rings. The first-order valence-corrected chi connectivity index (χ1v) is 7.63. The van der Waals surface area contributed by atoms with E-state index < -0.39 is 17.4 Å². The highest BCUT2D eigenvalue weighted by atomic mass is 16.5. The molecule has 0 amide bonds. The normalized spacial score (nSPS) is 11.2. The monoisotopic (exact) mass is 354 g/mol. The number of rotatable bonds is 16. The largest absolute Gasteiger partial charge is 0.478 e. The molecule has 0 aliphatic carbocycles. The van der Waals surface area contributed by atoms with Crippen LogP contribution in [0.25, 0.3) is 0 Å². The van der Waals surface area contributed by atoms with E-state index >= 15 is 0 Å². The lowest BCUT2D eigenvalue weighted by molar-refractivity contribution is -0.149. The maximum atomic E-state index is 11.6. The van der Waals surface area contributed by atoms with Gasteiger partial charge in [-0.25, -0.2) is 9.59 Å². The summed E-state index contributed by atoms with van der Waals surface area (Å²) in [5, 5.41) is 8.54. The molecule has 0 aliphatic rings. The lowest BCUT2D eigenvalue weighted by Crippen LogP contribution is -2.42. The first kappa shape index (κ1) is 22.8. The van der Waals surface area contributed by atoms with Gasteiger partial charge >= 0.3 is 11.9 Å². The van der Waals surface area contributed by atoms with Crippen LogP contribution >= 0.6 is 0 Å². The Morgan fingerprint density at radius 1 is 0.800 bits per heavy atom. The van der Waals surface area contributed by atoms with E-state index in [9.17, 15) is 9.59 Å².